The Hall–Kier alpha value is -2.86. The van der Waals surface area contributed by atoms with Crippen LogP contribution >= 0.6 is 0 Å². The Morgan fingerprint density at radius 2 is 1.68 bits per heavy atom. The summed E-state index contributed by atoms with van der Waals surface area (Å²) < 4.78 is 0. The average Bonchev–Trinajstić information content (AvgIpc) is 2.51. The molecule has 0 bridgehead atoms. The molecule has 0 aromatic heterocycles. The number of nitrogens with two attached hydrogens (primary N) is 1. The maximum Gasteiger partial charge on any atom is 0.323 e. The van der Waals surface area contributed by atoms with Crippen LogP contribution in [0.3, 0.4) is 0 Å². The summed E-state index contributed by atoms with van der Waals surface area (Å²) in [5, 5.41) is 8.09. The van der Waals surface area contributed by atoms with Crippen LogP contribution in [0.4, 0.5) is 21.9 Å². The molecule has 3 amide bonds. The van der Waals surface area contributed by atoms with Crippen molar-refractivity contribution in [3.8, 4) is 0 Å². The smallest absolute Gasteiger partial charge is 0.323 e. The zero-order chi connectivity index (χ0) is 15.9. The second-order valence-electron chi connectivity index (χ2n) is 4.75. The third-order valence-electron chi connectivity index (χ3n) is 2.91. The normalized spacial score (nSPS) is 9.91. The maximum atomic E-state index is 12.0. The molecule has 0 saturated heterocycles. The third-order valence-corrected chi connectivity index (χ3v) is 2.91. The van der Waals surface area contributed by atoms with Crippen molar-refractivity contribution in [3.05, 3.63) is 54.1 Å². The van der Waals surface area contributed by atoms with E-state index in [9.17, 15) is 9.59 Å². The molecule has 0 radical (unpaired) electrons. The number of benzene rings is 2. The van der Waals surface area contributed by atoms with E-state index in [4.69, 9.17) is 5.73 Å². The maximum absolute atomic E-state index is 12.0. The van der Waals surface area contributed by atoms with Gasteiger partial charge in [-0.2, -0.15) is 0 Å². The number of carbonyl (C=O) groups is 2. The van der Waals surface area contributed by atoms with Crippen LogP contribution in [0, 0.1) is 6.92 Å². The van der Waals surface area contributed by atoms with Crippen molar-refractivity contribution in [3.63, 3.8) is 0 Å². The number of hydrogen-bond acceptors (Lipinski definition) is 3. The molecule has 22 heavy (non-hydrogen) atoms. The Kier molecular flexibility index (Phi) is 5.11. The van der Waals surface area contributed by atoms with Crippen LogP contribution in [0.1, 0.15) is 5.56 Å². The molecule has 0 heterocycles. The summed E-state index contributed by atoms with van der Waals surface area (Å²) in [6, 6.07) is 14.0. The molecule has 0 fully saturated rings. The van der Waals surface area contributed by atoms with Gasteiger partial charge in [-0.1, -0.05) is 24.3 Å². The molecule has 0 unspecified atom stereocenters. The van der Waals surface area contributed by atoms with Crippen molar-refractivity contribution in [2.45, 2.75) is 6.92 Å². The topological polar surface area (TPSA) is 96.2 Å². The van der Waals surface area contributed by atoms with E-state index in [0.717, 1.165) is 5.56 Å². The molecular formula is C16H18N4O2. The Labute approximate surface area is 128 Å². The van der Waals surface area contributed by atoms with Crippen molar-refractivity contribution in [2.24, 2.45) is 5.73 Å². The molecule has 2 aromatic rings. The number of para-hydroxylation sites is 1. The summed E-state index contributed by atoms with van der Waals surface area (Å²) >= 11 is 0. The molecule has 0 aliphatic heterocycles. The molecule has 0 saturated carbocycles. The minimum Gasteiger partial charge on any atom is -0.323 e. The number of carbonyl (C=O) groups excluding carboxylic acids is 2. The second kappa shape index (κ2) is 7.24. The van der Waals surface area contributed by atoms with Crippen LogP contribution in [0.25, 0.3) is 0 Å². The minimum absolute atomic E-state index is 0.121. The lowest BCUT2D eigenvalue weighted by Gasteiger charge is -2.13. The molecule has 0 aliphatic rings. The Balaban J connectivity index is 2.11. The predicted octanol–water partition coefficient (Wildman–Crippen LogP) is 2.54. The van der Waals surface area contributed by atoms with Crippen LogP contribution in [-0.2, 0) is 4.79 Å². The Bertz CT molecular complexity index is 671. The Morgan fingerprint density at radius 3 is 2.36 bits per heavy atom. The molecule has 114 valence electrons. The number of anilines is 3. The number of nitrogens with one attached hydrogen (secondary N) is 3. The fraction of sp³-hybridized carbons (Fsp3) is 0.125. The lowest BCUT2D eigenvalue weighted by molar-refractivity contribution is -0.114. The summed E-state index contributed by atoms with van der Waals surface area (Å²) in [6.45, 7) is 1.77. The van der Waals surface area contributed by atoms with Crippen LogP contribution < -0.4 is 21.7 Å². The van der Waals surface area contributed by atoms with Crippen molar-refractivity contribution >= 4 is 29.0 Å². The van der Waals surface area contributed by atoms with E-state index in [2.05, 4.69) is 16.0 Å². The van der Waals surface area contributed by atoms with E-state index in [1.54, 1.807) is 24.3 Å². The first-order chi connectivity index (χ1) is 10.6. The van der Waals surface area contributed by atoms with E-state index in [1.165, 1.54) is 0 Å². The van der Waals surface area contributed by atoms with Crippen LogP contribution in [-0.4, -0.2) is 18.5 Å². The van der Waals surface area contributed by atoms with Gasteiger partial charge in [-0.05, 0) is 36.8 Å². The monoisotopic (exact) mass is 298 g/mol. The molecule has 0 aliphatic carbocycles. The predicted molar refractivity (Wildman–Crippen MR) is 87.9 cm³/mol. The van der Waals surface area contributed by atoms with E-state index >= 15 is 0 Å². The van der Waals surface area contributed by atoms with Gasteiger partial charge < -0.3 is 21.7 Å². The van der Waals surface area contributed by atoms with Gasteiger partial charge in [0, 0.05) is 5.69 Å². The lowest BCUT2D eigenvalue weighted by Crippen LogP contribution is -2.24. The summed E-state index contributed by atoms with van der Waals surface area (Å²) in [5.41, 5.74) is 7.95. The number of amides is 3. The highest BCUT2D eigenvalue weighted by atomic mass is 16.2. The highest BCUT2D eigenvalue weighted by Crippen LogP contribution is 2.23. The molecule has 6 nitrogen and oxygen atoms in total. The number of hydrogen-bond donors (Lipinski definition) is 4. The zero-order valence-corrected chi connectivity index (χ0v) is 12.2. The molecule has 5 N–H and O–H groups in total. The number of aryl methyl sites for hydroxylation is 1. The van der Waals surface area contributed by atoms with Gasteiger partial charge in [0.25, 0.3) is 0 Å². The summed E-state index contributed by atoms with van der Waals surface area (Å²) in [7, 11) is 0. The summed E-state index contributed by atoms with van der Waals surface area (Å²) in [6.07, 6.45) is 0. The fourth-order valence-electron chi connectivity index (χ4n) is 1.88. The minimum atomic E-state index is -0.390. The van der Waals surface area contributed by atoms with E-state index in [1.807, 2.05) is 31.2 Å². The summed E-state index contributed by atoms with van der Waals surface area (Å²) in [4.78, 5) is 23.5. The van der Waals surface area contributed by atoms with Gasteiger partial charge in [-0.25, -0.2) is 4.79 Å². The van der Waals surface area contributed by atoms with Crippen molar-refractivity contribution in [2.75, 3.05) is 22.5 Å². The largest absolute Gasteiger partial charge is 0.323 e. The van der Waals surface area contributed by atoms with Gasteiger partial charge in [0.1, 0.15) is 0 Å². The first kappa shape index (κ1) is 15.5. The third kappa shape index (κ3) is 4.32. The van der Waals surface area contributed by atoms with E-state index < -0.39 is 6.03 Å². The molecular weight excluding hydrogens is 280 g/mol. The molecule has 6 heteroatoms. The lowest BCUT2D eigenvalue weighted by atomic mass is 10.2. The second-order valence-corrected chi connectivity index (χ2v) is 4.75. The SMILES string of the molecule is Cc1ccc(NC(=O)Nc2ccccc2)c(NC(=O)CN)c1. The number of urea groups is 1. The highest BCUT2D eigenvalue weighted by Gasteiger charge is 2.09. The molecule has 2 rings (SSSR count). The summed E-state index contributed by atoms with van der Waals surface area (Å²) in [5.74, 6) is -0.322. The van der Waals surface area contributed by atoms with Gasteiger partial charge in [-0.15, -0.1) is 0 Å². The molecule has 2 aromatic carbocycles. The van der Waals surface area contributed by atoms with Crippen LogP contribution in [0.15, 0.2) is 48.5 Å². The van der Waals surface area contributed by atoms with E-state index in [0.29, 0.717) is 17.1 Å². The van der Waals surface area contributed by atoms with Gasteiger partial charge in [-0.3, -0.25) is 4.79 Å². The van der Waals surface area contributed by atoms with Crippen LogP contribution in [0.2, 0.25) is 0 Å². The quantitative estimate of drug-likeness (QED) is 0.698. The zero-order valence-electron chi connectivity index (χ0n) is 12.2. The van der Waals surface area contributed by atoms with Gasteiger partial charge in [0.15, 0.2) is 0 Å². The number of rotatable bonds is 4. The molecule has 0 atom stereocenters. The highest BCUT2D eigenvalue weighted by molar-refractivity contribution is 6.04. The van der Waals surface area contributed by atoms with Gasteiger partial charge in [0.05, 0.1) is 17.9 Å². The fourth-order valence-corrected chi connectivity index (χ4v) is 1.88. The standard InChI is InChI=1S/C16H18N4O2/c1-11-7-8-13(14(9-11)19-15(21)10-17)20-16(22)18-12-5-3-2-4-6-12/h2-9H,10,17H2,1H3,(H,19,21)(H2,18,20,22). The van der Waals surface area contributed by atoms with Gasteiger partial charge in [0.2, 0.25) is 5.91 Å². The average molecular weight is 298 g/mol. The van der Waals surface area contributed by atoms with Crippen molar-refractivity contribution < 1.29 is 9.59 Å². The van der Waals surface area contributed by atoms with E-state index in [-0.39, 0.29) is 12.5 Å². The molecule has 0 spiro atoms. The first-order valence-electron chi connectivity index (χ1n) is 6.82. The van der Waals surface area contributed by atoms with Gasteiger partial charge >= 0.3 is 6.03 Å². The van der Waals surface area contributed by atoms with Crippen molar-refractivity contribution in [1.29, 1.82) is 0 Å². The first-order valence-corrected chi connectivity index (χ1v) is 6.82. The van der Waals surface area contributed by atoms with Crippen molar-refractivity contribution in [1.82, 2.24) is 0 Å². The van der Waals surface area contributed by atoms with Crippen LogP contribution in [0.5, 0.6) is 0 Å². The Morgan fingerprint density at radius 1 is 0.955 bits per heavy atom.